The number of rotatable bonds is 6. The molecule has 2 heterocycles. The van der Waals surface area contributed by atoms with Crippen LogP contribution in [0.15, 0.2) is 36.7 Å². The molecule has 0 N–H and O–H groups in total. The fraction of sp³-hybridized carbons (Fsp3) is 0.450. The van der Waals surface area contributed by atoms with E-state index in [0.717, 1.165) is 37.4 Å². The quantitative estimate of drug-likeness (QED) is 0.778. The molecule has 27 heavy (non-hydrogen) atoms. The Balaban J connectivity index is 1.66. The summed E-state index contributed by atoms with van der Waals surface area (Å²) >= 11 is 0. The van der Waals surface area contributed by atoms with E-state index < -0.39 is 0 Å². The molecule has 3 rings (SSSR count). The number of benzene rings is 1. The third-order valence-corrected chi connectivity index (χ3v) is 4.65. The molecule has 0 radical (unpaired) electrons. The summed E-state index contributed by atoms with van der Waals surface area (Å²) in [5.74, 6) is 2.40. The third kappa shape index (κ3) is 4.95. The zero-order chi connectivity index (χ0) is 19.2. The molecule has 1 aliphatic heterocycles. The van der Waals surface area contributed by atoms with Crippen LogP contribution < -0.4 is 9.47 Å². The zero-order valence-corrected chi connectivity index (χ0v) is 16.1. The Hall–Kier alpha value is -2.67. The van der Waals surface area contributed by atoms with Gasteiger partial charge >= 0.3 is 0 Å². The van der Waals surface area contributed by atoms with Crippen molar-refractivity contribution >= 4 is 5.91 Å². The molecular weight excluding hydrogens is 344 g/mol. The van der Waals surface area contributed by atoms with Crippen molar-refractivity contribution in [2.24, 2.45) is 0 Å². The molecule has 7 heteroatoms. The van der Waals surface area contributed by atoms with E-state index >= 15 is 0 Å². The number of aromatic nitrogens is 2. The second-order valence-electron chi connectivity index (χ2n) is 6.92. The Morgan fingerprint density at radius 1 is 1.11 bits per heavy atom. The zero-order valence-electron chi connectivity index (χ0n) is 16.1. The number of ether oxygens (including phenoxy) is 2. The van der Waals surface area contributed by atoms with Gasteiger partial charge < -0.3 is 19.3 Å². The lowest BCUT2D eigenvalue weighted by atomic mass is 9.93. The molecule has 1 saturated heterocycles. The largest absolute Gasteiger partial charge is 0.497 e. The molecular formula is C20H26N4O3. The summed E-state index contributed by atoms with van der Waals surface area (Å²) in [4.78, 5) is 25.0. The number of amides is 1. The number of methoxy groups -OCH3 is 1. The lowest BCUT2D eigenvalue weighted by molar-refractivity contribution is -0.132. The first-order valence-electron chi connectivity index (χ1n) is 9.12. The Morgan fingerprint density at radius 3 is 2.37 bits per heavy atom. The van der Waals surface area contributed by atoms with Gasteiger partial charge in [-0.3, -0.25) is 9.78 Å². The maximum atomic E-state index is 12.2. The maximum Gasteiger partial charge on any atom is 0.241 e. The molecule has 0 aliphatic carbocycles. The highest BCUT2D eigenvalue weighted by atomic mass is 16.5. The van der Waals surface area contributed by atoms with E-state index in [-0.39, 0.29) is 11.8 Å². The van der Waals surface area contributed by atoms with Gasteiger partial charge in [0.05, 0.1) is 13.7 Å². The number of carbonyl (C=O) groups is 1. The molecule has 0 bridgehead atoms. The third-order valence-electron chi connectivity index (χ3n) is 4.65. The van der Waals surface area contributed by atoms with Crippen LogP contribution in [0.3, 0.4) is 0 Å². The summed E-state index contributed by atoms with van der Waals surface area (Å²) in [6.45, 7) is 1.91. The first-order chi connectivity index (χ1) is 13.1. The van der Waals surface area contributed by atoms with Gasteiger partial charge in [0.15, 0.2) is 0 Å². The second kappa shape index (κ2) is 8.81. The molecule has 1 aromatic heterocycles. The second-order valence-corrected chi connectivity index (χ2v) is 6.92. The van der Waals surface area contributed by atoms with Crippen molar-refractivity contribution in [3.63, 3.8) is 0 Å². The maximum absolute atomic E-state index is 12.2. The monoisotopic (exact) mass is 370 g/mol. The summed E-state index contributed by atoms with van der Waals surface area (Å²) in [5, 5.41) is 0. The van der Waals surface area contributed by atoms with Crippen LogP contribution in [0.2, 0.25) is 0 Å². The van der Waals surface area contributed by atoms with Gasteiger partial charge in [0.1, 0.15) is 17.2 Å². The van der Waals surface area contributed by atoms with Crippen molar-refractivity contribution in [3.8, 4) is 17.4 Å². The van der Waals surface area contributed by atoms with E-state index in [2.05, 4.69) is 9.97 Å². The Morgan fingerprint density at radius 2 is 1.74 bits per heavy atom. The van der Waals surface area contributed by atoms with Crippen LogP contribution in [0.25, 0.3) is 0 Å². The van der Waals surface area contributed by atoms with Crippen molar-refractivity contribution in [2.45, 2.75) is 18.8 Å². The molecule has 144 valence electrons. The molecule has 0 spiro atoms. The topological polar surface area (TPSA) is 67.8 Å². The van der Waals surface area contributed by atoms with Gasteiger partial charge in [-0.05, 0) is 51.2 Å². The first-order valence-corrected chi connectivity index (χ1v) is 9.12. The van der Waals surface area contributed by atoms with Gasteiger partial charge in [0, 0.05) is 31.4 Å². The fourth-order valence-electron chi connectivity index (χ4n) is 3.22. The molecule has 2 aromatic rings. The normalized spacial score (nSPS) is 15.0. The molecule has 1 fully saturated rings. The minimum absolute atomic E-state index is 0.173. The molecule has 0 atom stereocenters. The van der Waals surface area contributed by atoms with Gasteiger partial charge in [-0.25, -0.2) is 4.98 Å². The molecule has 1 amide bonds. The van der Waals surface area contributed by atoms with Crippen LogP contribution in [0, 0.1) is 0 Å². The van der Waals surface area contributed by atoms with E-state index in [1.54, 1.807) is 19.5 Å². The lowest BCUT2D eigenvalue weighted by Gasteiger charge is -2.32. The summed E-state index contributed by atoms with van der Waals surface area (Å²) in [6.07, 6.45) is 5.05. The van der Waals surface area contributed by atoms with Gasteiger partial charge in [-0.2, -0.15) is 0 Å². The van der Waals surface area contributed by atoms with Gasteiger partial charge in [0.2, 0.25) is 11.8 Å². The number of likely N-dealkylation sites (N-methyl/N-ethyl adjacent to an activating group) is 1. The summed E-state index contributed by atoms with van der Waals surface area (Å²) < 4.78 is 11.1. The number of hydrogen-bond acceptors (Lipinski definition) is 6. The van der Waals surface area contributed by atoms with Crippen molar-refractivity contribution in [3.05, 3.63) is 42.4 Å². The Labute approximate surface area is 159 Å². The smallest absolute Gasteiger partial charge is 0.241 e. The minimum atomic E-state index is 0.173. The molecule has 1 aliphatic rings. The van der Waals surface area contributed by atoms with Crippen molar-refractivity contribution < 1.29 is 14.3 Å². The summed E-state index contributed by atoms with van der Waals surface area (Å²) in [6, 6.07) is 7.39. The van der Waals surface area contributed by atoms with E-state index in [9.17, 15) is 4.79 Å². The predicted molar refractivity (Wildman–Crippen MR) is 102 cm³/mol. The highest BCUT2D eigenvalue weighted by Crippen LogP contribution is 2.33. The standard InChI is InChI=1S/C20H26N4O3/c1-23(2)14-18(25)24-12-8-15(9-13-24)19-20(22-11-10-21-19)27-17-6-4-16(26-3)5-7-17/h4-7,10-11,15H,8-9,12-14H2,1-3H3. The van der Waals surface area contributed by atoms with Gasteiger partial charge in [-0.1, -0.05) is 0 Å². The lowest BCUT2D eigenvalue weighted by Crippen LogP contribution is -2.42. The number of carbonyl (C=O) groups excluding carboxylic acids is 1. The van der Waals surface area contributed by atoms with Crippen LogP contribution in [0.1, 0.15) is 24.5 Å². The number of nitrogens with zero attached hydrogens (tertiary/aromatic N) is 4. The molecule has 7 nitrogen and oxygen atoms in total. The van der Waals surface area contributed by atoms with Crippen LogP contribution in [-0.4, -0.2) is 66.5 Å². The highest BCUT2D eigenvalue weighted by molar-refractivity contribution is 5.78. The highest BCUT2D eigenvalue weighted by Gasteiger charge is 2.27. The van der Waals surface area contributed by atoms with Crippen molar-refractivity contribution in [2.75, 3.05) is 40.8 Å². The molecule has 0 saturated carbocycles. The van der Waals surface area contributed by atoms with Crippen LogP contribution in [0.5, 0.6) is 17.4 Å². The SMILES string of the molecule is COc1ccc(Oc2nccnc2C2CCN(C(=O)CN(C)C)CC2)cc1. The fourth-order valence-corrected chi connectivity index (χ4v) is 3.22. The van der Waals surface area contributed by atoms with Crippen LogP contribution >= 0.6 is 0 Å². The molecule has 0 unspecified atom stereocenters. The van der Waals surface area contributed by atoms with E-state index in [0.29, 0.717) is 18.2 Å². The molecule has 1 aromatic carbocycles. The van der Waals surface area contributed by atoms with Gasteiger partial charge in [0.25, 0.3) is 0 Å². The van der Waals surface area contributed by atoms with Crippen LogP contribution in [-0.2, 0) is 4.79 Å². The van der Waals surface area contributed by atoms with E-state index in [4.69, 9.17) is 9.47 Å². The summed E-state index contributed by atoms with van der Waals surface area (Å²) in [5.41, 5.74) is 0.855. The average Bonchev–Trinajstić information content (AvgIpc) is 2.69. The Bertz CT molecular complexity index is 756. The minimum Gasteiger partial charge on any atom is -0.497 e. The first kappa shape index (κ1) is 19.1. The number of piperidine rings is 1. The van der Waals surface area contributed by atoms with E-state index in [1.165, 1.54) is 0 Å². The van der Waals surface area contributed by atoms with E-state index in [1.807, 2.05) is 48.2 Å². The van der Waals surface area contributed by atoms with Crippen molar-refractivity contribution in [1.29, 1.82) is 0 Å². The predicted octanol–water partition coefficient (Wildman–Crippen LogP) is 2.55. The average molecular weight is 370 g/mol. The van der Waals surface area contributed by atoms with Crippen LogP contribution in [0.4, 0.5) is 0 Å². The van der Waals surface area contributed by atoms with Gasteiger partial charge in [-0.15, -0.1) is 0 Å². The van der Waals surface area contributed by atoms with Crippen molar-refractivity contribution in [1.82, 2.24) is 19.8 Å². The number of likely N-dealkylation sites (tertiary alicyclic amines) is 1. The summed E-state index contributed by atoms with van der Waals surface area (Å²) in [7, 11) is 5.45. The Kier molecular flexibility index (Phi) is 6.24. The number of hydrogen-bond donors (Lipinski definition) is 0.